The van der Waals surface area contributed by atoms with Crippen LogP contribution in [-0.4, -0.2) is 6.61 Å². The van der Waals surface area contributed by atoms with E-state index in [0.717, 1.165) is 31.6 Å². The second-order valence-electron chi connectivity index (χ2n) is 9.31. The molecule has 25 heavy (non-hydrogen) atoms. The minimum atomic E-state index is 0.238. The number of rotatable bonds is 7. The zero-order chi connectivity index (χ0) is 18.5. The largest absolute Gasteiger partial charge is 0.494 e. The van der Waals surface area contributed by atoms with Gasteiger partial charge in [0.1, 0.15) is 5.75 Å². The molecule has 0 spiro atoms. The summed E-state index contributed by atoms with van der Waals surface area (Å²) in [4.78, 5) is 0. The smallest absolute Gasteiger partial charge is 0.119 e. The van der Waals surface area contributed by atoms with Gasteiger partial charge in [0.05, 0.1) is 6.61 Å². The molecule has 0 saturated carbocycles. The lowest BCUT2D eigenvalue weighted by atomic mass is 9.83. The molecule has 0 aliphatic rings. The number of aryl methyl sites for hydroxylation is 1. The first-order valence-corrected chi connectivity index (χ1v) is 9.40. The van der Waals surface area contributed by atoms with Gasteiger partial charge in [-0.2, -0.15) is 0 Å². The third-order valence-electron chi connectivity index (χ3n) is 4.51. The van der Waals surface area contributed by atoms with E-state index in [1.165, 1.54) is 16.7 Å². The van der Waals surface area contributed by atoms with Gasteiger partial charge in [-0.1, -0.05) is 76.6 Å². The van der Waals surface area contributed by atoms with Crippen LogP contribution in [0.15, 0.2) is 48.5 Å². The maximum absolute atomic E-state index is 5.98. The van der Waals surface area contributed by atoms with Crippen molar-refractivity contribution in [3.8, 4) is 5.75 Å². The number of ether oxygens (including phenoxy) is 1. The van der Waals surface area contributed by atoms with Crippen LogP contribution in [0.2, 0.25) is 0 Å². The van der Waals surface area contributed by atoms with E-state index in [4.69, 9.17) is 4.74 Å². The molecule has 0 aliphatic carbocycles. The highest BCUT2D eigenvalue weighted by Crippen LogP contribution is 2.27. The van der Waals surface area contributed by atoms with Crippen molar-refractivity contribution in [1.82, 2.24) is 0 Å². The fourth-order valence-corrected chi connectivity index (χ4v) is 3.11. The molecule has 2 aromatic carbocycles. The van der Waals surface area contributed by atoms with Crippen molar-refractivity contribution in [2.45, 2.75) is 60.8 Å². The van der Waals surface area contributed by atoms with Gasteiger partial charge in [-0.25, -0.2) is 0 Å². The molecule has 0 unspecified atom stereocenters. The summed E-state index contributed by atoms with van der Waals surface area (Å²) >= 11 is 0. The standard InChI is InChI=1S/C24H34O/c1-19-7-9-21(10-8-19)18-24(5,6)15-16-25-22-13-11-20(12-14-22)17-23(2,3)4/h7-14H,15-18H2,1-6H3. The second kappa shape index (κ2) is 8.08. The molecule has 0 aromatic heterocycles. The molecule has 0 amide bonds. The maximum Gasteiger partial charge on any atom is 0.119 e. The summed E-state index contributed by atoms with van der Waals surface area (Å²) in [5.41, 5.74) is 4.66. The van der Waals surface area contributed by atoms with Crippen LogP contribution in [-0.2, 0) is 12.8 Å². The van der Waals surface area contributed by atoms with E-state index in [9.17, 15) is 0 Å². The first-order chi connectivity index (χ1) is 11.6. The van der Waals surface area contributed by atoms with Crippen molar-refractivity contribution < 1.29 is 4.74 Å². The minimum Gasteiger partial charge on any atom is -0.494 e. The highest BCUT2D eigenvalue weighted by molar-refractivity contribution is 5.28. The Hall–Kier alpha value is -1.76. The Kier molecular flexibility index (Phi) is 6.32. The molecule has 0 heterocycles. The van der Waals surface area contributed by atoms with Gasteiger partial charge in [0.15, 0.2) is 0 Å². The highest BCUT2D eigenvalue weighted by Gasteiger charge is 2.18. The van der Waals surface area contributed by atoms with Gasteiger partial charge in [0.2, 0.25) is 0 Å². The first kappa shape index (κ1) is 19.6. The van der Waals surface area contributed by atoms with Crippen LogP contribution in [0.3, 0.4) is 0 Å². The Morgan fingerprint density at radius 2 is 1.24 bits per heavy atom. The summed E-state index contributed by atoms with van der Waals surface area (Å²) in [5, 5.41) is 0. The number of hydrogen-bond acceptors (Lipinski definition) is 1. The van der Waals surface area contributed by atoms with Gasteiger partial charge in [-0.15, -0.1) is 0 Å². The molecule has 0 aliphatic heterocycles. The average molecular weight is 339 g/mol. The lowest BCUT2D eigenvalue weighted by Gasteiger charge is -2.25. The average Bonchev–Trinajstić information content (AvgIpc) is 2.49. The van der Waals surface area contributed by atoms with Crippen molar-refractivity contribution in [1.29, 1.82) is 0 Å². The predicted octanol–water partition coefficient (Wildman–Crippen LogP) is 6.62. The van der Waals surface area contributed by atoms with Crippen LogP contribution in [0.1, 0.15) is 57.7 Å². The second-order valence-corrected chi connectivity index (χ2v) is 9.31. The quantitative estimate of drug-likeness (QED) is 0.551. The molecule has 2 aromatic rings. The summed E-state index contributed by atoms with van der Waals surface area (Å²) in [6, 6.07) is 17.5. The van der Waals surface area contributed by atoms with E-state index in [0.29, 0.717) is 5.41 Å². The van der Waals surface area contributed by atoms with Crippen LogP contribution < -0.4 is 4.74 Å². The number of benzene rings is 2. The van der Waals surface area contributed by atoms with Crippen LogP contribution in [0.25, 0.3) is 0 Å². The van der Waals surface area contributed by atoms with E-state index in [1.807, 2.05) is 0 Å². The molecule has 0 atom stereocenters. The van der Waals surface area contributed by atoms with Crippen LogP contribution in [0.4, 0.5) is 0 Å². The third-order valence-corrected chi connectivity index (χ3v) is 4.51. The van der Waals surface area contributed by atoms with Gasteiger partial charge in [0.25, 0.3) is 0 Å². The zero-order valence-corrected chi connectivity index (χ0v) is 16.9. The molecule has 0 radical (unpaired) electrons. The van der Waals surface area contributed by atoms with E-state index >= 15 is 0 Å². The van der Waals surface area contributed by atoms with Gasteiger partial charge in [-0.05, 0) is 60.3 Å². The monoisotopic (exact) mass is 338 g/mol. The summed E-state index contributed by atoms with van der Waals surface area (Å²) in [5.74, 6) is 0.976. The third kappa shape index (κ3) is 7.34. The fraction of sp³-hybridized carbons (Fsp3) is 0.500. The SMILES string of the molecule is Cc1ccc(CC(C)(C)CCOc2ccc(CC(C)(C)C)cc2)cc1. The topological polar surface area (TPSA) is 9.23 Å². The van der Waals surface area contributed by atoms with Gasteiger partial charge >= 0.3 is 0 Å². The molecule has 0 fully saturated rings. The van der Waals surface area contributed by atoms with E-state index in [-0.39, 0.29) is 5.41 Å². The van der Waals surface area contributed by atoms with Crippen molar-refractivity contribution in [3.05, 3.63) is 65.2 Å². The van der Waals surface area contributed by atoms with Crippen molar-refractivity contribution in [3.63, 3.8) is 0 Å². The van der Waals surface area contributed by atoms with E-state index in [1.54, 1.807) is 0 Å². The predicted molar refractivity (Wildman–Crippen MR) is 108 cm³/mol. The lowest BCUT2D eigenvalue weighted by molar-refractivity contribution is 0.227. The lowest BCUT2D eigenvalue weighted by Crippen LogP contribution is -2.18. The van der Waals surface area contributed by atoms with Gasteiger partial charge in [0, 0.05) is 0 Å². The van der Waals surface area contributed by atoms with E-state index in [2.05, 4.69) is 90.1 Å². The van der Waals surface area contributed by atoms with Crippen molar-refractivity contribution in [2.75, 3.05) is 6.61 Å². The molecule has 0 bridgehead atoms. The Morgan fingerprint density at radius 1 is 0.720 bits per heavy atom. The molecule has 2 rings (SSSR count). The van der Waals surface area contributed by atoms with Gasteiger partial charge < -0.3 is 4.74 Å². The Morgan fingerprint density at radius 3 is 1.80 bits per heavy atom. The molecule has 1 heteroatoms. The normalized spacial score (nSPS) is 12.2. The first-order valence-electron chi connectivity index (χ1n) is 9.40. The molecule has 1 nitrogen and oxygen atoms in total. The summed E-state index contributed by atoms with van der Waals surface area (Å²) in [7, 11) is 0. The zero-order valence-electron chi connectivity index (χ0n) is 16.9. The molecular weight excluding hydrogens is 304 g/mol. The van der Waals surface area contributed by atoms with Gasteiger partial charge in [-0.3, -0.25) is 0 Å². The van der Waals surface area contributed by atoms with Crippen LogP contribution in [0.5, 0.6) is 5.75 Å². The number of hydrogen-bond donors (Lipinski definition) is 0. The molecule has 0 N–H and O–H groups in total. The minimum absolute atomic E-state index is 0.238. The summed E-state index contributed by atoms with van der Waals surface area (Å²) in [6.07, 6.45) is 3.22. The van der Waals surface area contributed by atoms with Crippen LogP contribution >= 0.6 is 0 Å². The van der Waals surface area contributed by atoms with E-state index < -0.39 is 0 Å². The molecule has 0 saturated heterocycles. The molecular formula is C24H34O. The highest BCUT2D eigenvalue weighted by atomic mass is 16.5. The Labute approximate surface area is 154 Å². The molecule has 136 valence electrons. The summed E-state index contributed by atoms with van der Waals surface area (Å²) < 4.78 is 5.98. The Balaban J connectivity index is 1.81. The fourth-order valence-electron chi connectivity index (χ4n) is 3.11. The Bertz CT molecular complexity index is 642. The van der Waals surface area contributed by atoms with Crippen molar-refractivity contribution in [2.24, 2.45) is 10.8 Å². The van der Waals surface area contributed by atoms with Crippen molar-refractivity contribution >= 4 is 0 Å². The maximum atomic E-state index is 5.98. The summed E-state index contributed by atoms with van der Waals surface area (Å²) in [6.45, 7) is 14.4. The van der Waals surface area contributed by atoms with Crippen LogP contribution in [0, 0.1) is 17.8 Å².